The van der Waals surface area contributed by atoms with Crippen molar-refractivity contribution in [2.45, 2.75) is 50.9 Å². The lowest BCUT2D eigenvalue weighted by molar-refractivity contribution is 0.0723. The van der Waals surface area contributed by atoms with E-state index in [1.807, 2.05) is 18.2 Å². The maximum absolute atomic E-state index is 14.8. The van der Waals surface area contributed by atoms with Gasteiger partial charge in [0.25, 0.3) is 0 Å². The van der Waals surface area contributed by atoms with E-state index in [4.69, 9.17) is 10.00 Å². The maximum atomic E-state index is 14.8. The molecule has 0 bridgehead atoms. The molecule has 0 N–H and O–H groups in total. The summed E-state index contributed by atoms with van der Waals surface area (Å²) < 4.78 is 61.9. The van der Waals surface area contributed by atoms with E-state index in [2.05, 4.69) is 19.1 Å². The van der Waals surface area contributed by atoms with Crippen molar-refractivity contribution in [2.75, 3.05) is 0 Å². The molecule has 0 aliphatic heterocycles. The van der Waals surface area contributed by atoms with Gasteiger partial charge < -0.3 is 4.74 Å². The first-order valence-electron chi connectivity index (χ1n) is 11.9. The highest BCUT2D eigenvalue weighted by molar-refractivity contribution is 5.91. The molecule has 7 heteroatoms. The van der Waals surface area contributed by atoms with Gasteiger partial charge in [-0.2, -0.15) is 5.26 Å². The number of nitrogens with zero attached hydrogens (tertiary/aromatic N) is 1. The summed E-state index contributed by atoms with van der Waals surface area (Å²) >= 11 is 0. The van der Waals surface area contributed by atoms with E-state index in [0.29, 0.717) is 29.5 Å². The van der Waals surface area contributed by atoms with Gasteiger partial charge in [0.1, 0.15) is 46.2 Å². The lowest BCUT2D eigenvalue weighted by Crippen LogP contribution is -2.17. The number of esters is 1. The number of nitriles is 1. The monoisotopic (exact) mass is 495 g/mol. The van der Waals surface area contributed by atoms with Crippen molar-refractivity contribution >= 4 is 5.97 Å². The summed E-state index contributed by atoms with van der Waals surface area (Å²) in [5.41, 5.74) is -0.000603. The Morgan fingerprint density at radius 3 is 2.08 bits per heavy atom. The van der Waals surface area contributed by atoms with Crippen molar-refractivity contribution in [1.29, 1.82) is 5.26 Å². The number of carbonyl (C=O) groups excluding carboxylic acids is 1. The lowest BCUT2D eigenvalue weighted by Gasteiger charge is -2.30. The summed E-state index contributed by atoms with van der Waals surface area (Å²) in [7, 11) is 0. The highest BCUT2D eigenvalue weighted by Gasteiger charge is 2.28. The van der Waals surface area contributed by atoms with Gasteiger partial charge in [0, 0.05) is 12.1 Å². The van der Waals surface area contributed by atoms with Crippen molar-refractivity contribution in [3.05, 3.63) is 100 Å². The molecule has 3 aromatic carbocycles. The molecule has 0 saturated heterocycles. The number of halogens is 4. The van der Waals surface area contributed by atoms with Crippen LogP contribution in [0.5, 0.6) is 5.75 Å². The van der Waals surface area contributed by atoms with Crippen LogP contribution in [0.1, 0.15) is 77.9 Å². The number of carbonyl (C=O) groups is 1. The first-order valence-corrected chi connectivity index (χ1v) is 11.9. The third-order valence-corrected chi connectivity index (χ3v) is 6.98. The van der Waals surface area contributed by atoms with Crippen LogP contribution in [0.25, 0.3) is 0 Å². The Hall–Kier alpha value is -3.66. The first kappa shape index (κ1) is 25.4. The van der Waals surface area contributed by atoms with E-state index in [1.165, 1.54) is 11.6 Å². The summed E-state index contributed by atoms with van der Waals surface area (Å²) in [5, 5.41) is 8.72. The molecule has 3 nitrogen and oxygen atoms in total. The Labute approximate surface area is 207 Å². The second-order valence-corrected chi connectivity index (χ2v) is 9.39. The Balaban J connectivity index is 1.41. The van der Waals surface area contributed by atoms with Crippen molar-refractivity contribution in [1.82, 2.24) is 0 Å². The zero-order chi connectivity index (χ0) is 25.8. The van der Waals surface area contributed by atoms with Crippen molar-refractivity contribution in [2.24, 2.45) is 5.92 Å². The fraction of sp³-hybridized carbons (Fsp3) is 0.310. The van der Waals surface area contributed by atoms with Crippen LogP contribution in [0.15, 0.2) is 54.6 Å². The molecule has 0 radical (unpaired) electrons. The van der Waals surface area contributed by atoms with Crippen LogP contribution in [0.2, 0.25) is 0 Å². The van der Waals surface area contributed by atoms with Crippen LogP contribution in [-0.2, 0) is 0 Å². The molecule has 1 fully saturated rings. The van der Waals surface area contributed by atoms with E-state index in [9.17, 15) is 22.4 Å². The van der Waals surface area contributed by atoms with E-state index in [-0.39, 0.29) is 5.92 Å². The molecule has 186 valence electrons. The van der Waals surface area contributed by atoms with Crippen molar-refractivity contribution in [3.8, 4) is 11.8 Å². The summed E-state index contributed by atoms with van der Waals surface area (Å²) in [5.74, 6) is -5.74. The summed E-state index contributed by atoms with van der Waals surface area (Å²) in [4.78, 5) is 12.4. The molecule has 0 amide bonds. The predicted octanol–water partition coefficient (Wildman–Crippen LogP) is 7.80. The Kier molecular flexibility index (Phi) is 7.73. The minimum Gasteiger partial charge on any atom is -0.423 e. The third-order valence-electron chi connectivity index (χ3n) is 6.98. The van der Waals surface area contributed by atoms with E-state index in [1.54, 1.807) is 0 Å². The standard InChI is InChI=1S/C29H25F4NO2/c1-17(19-5-3-2-4-6-19)11-18-7-9-20(10-8-18)21-12-26(32)28(27(33)13-21)29(35)36-22-14-24(30)23(16-34)25(31)15-22/h2-6,12-15,17-18,20H,7-11H2,1H3/t17-,18?,20?/m0/s1. The van der Waals surface area contributed by atoms with E-state index < -0.39 is 46.1 Å². The van der Waals surface area contributed by atoms with Gasteiger partial charge in [-0.3, -0.25) is 0 Å². The lowest BCUT2D eigenvalue weighted by atomic mass is 9.75. The SMILES string of the molecule is C[C@@H](CC1CCC(c2cc(F)c(C(=O)Oc3cc(F)c(C#N)c(F)c3)c(F)c2)CC1)c1ccccc1. The van der Waals surface area contributed by atoms with Gasteiger partial charge in [0.05, 0.1) is 0 Å². The largest absolute Gasteiger partial charge is 0.423 e. The van der Waals surface area contributed by atoms with Crippen molar-refractivity contribution < 1.29 is 27.1 Å². The number of rotatable bonds is 6. The molecule has 36 heavy (non-hydrogen) atoms. The van der Waals surface area contributed by atoms with Crippen molar-refractivity contribution in [3.63, 3.8) is 0 Å². The number of ether oxygens (including phenoxy) is 1. The van der Waals surface area contributed by atoms with Gasteiger partial charge in [0.15, 0.2) is 0 Å². The molecule has 4 rings (SSSR count). The van der Waals surface area contributed by atoms with E-state index in [0.717, 1.165) is 44.2 Å². The molecule has 1 saturated carbocycles. The van der Waals surface area contributed by atoms with Gasteiger partial charge in [-0.15, -0.1) is 0 Å². The fourth-order valence-electron chi connectivity index (χ4n) is 5.05. The summed E-state index contributed by atoms with van der Waals surface area (Å²) in [6.07, 6.45) is 4.54. The maximum Gasteiger partial charge on any atom is 0.349 e. The molecular weight excluding hydrogens is 470 g/mol. The zero-order valence-electron chi connectivity index (χ0n) is 19.7. The second-order valence-electron chi connectivity index (χ2n) is 9.39. The minimum atomic E-state index is -1.42. The zero-order valence-corrected chi connectivity index (χ0v) is 19.7. The predicted molar refractivity (Wildman–Crippen MR) is 127 cm³/mol. The van der Waals surface area contributed by atoms with Crippen LogP contribution < -0.4 is 4.74 Å². The molecular formula is C29H25F4NO2. The molecule has 1 aliphatic rings. The highest BCUT2D eigenvalue weighted by Crippen LogP contribution is 2.40. The van der Waals surface area contributed by atoms with E-state index >= 15 is 0 Å². The third kappa shape index (κ3) is 5.59. The van der Waals surface area contributed by atoms with Crippen LogP contribution in [-0.4, -0.2) is 5.97 Å². The van der Waals surface area contributed by atoms with Crippen LogP contribution in [0.4, 0.5) is 17.6 Å². The minimum absolute atomic E-state index is 0.0240. The normalized spacial score (nSPS) is 18.3. The average Bonchev–Trinajstić information content (AvgIpc) is 2.84. The fourth-order valence-corrected chi connectivity index (χ4v) is 5.05. The van der Waals surface area contributed by atoms with Crippen LogP contribution in [0, 0.1) is 40.5 Å². The van der Waals surface area contributed by atoms with Gasteiger partial charge in [-0.05, 0) is 73.1 Å². The molecule has 0 spiro atoms. The molecule has 1 atom stereocenters. The smallest absolute Gasteiger partial charge is 0.349 e. The molecule has 0 heterocycles. The Morgan fingerprint density at radius 1 is 0.944 bits per heavy atom. The number of hydrogen-bond donors (Lipinski definition) is 0. The van der Waals surface area contributed by atoms with Gasteiger partial charge in [-0.1, -0.05) is 37.3 Å². The van der Waals surface area contributed by atoms with Gasteiger partial charge in [-0.25, -0.2) is 22.4 Å². The molecule has 3 aromatic rings. The second kappa shape index (κ2) is 10.9. The molecule has 1 aliphatic carbocycles. The number of benzene rings is 3. The first-order chi connectivity index (χ1) is 17.3. The Bertz CT molecular complexity index is 1250. The molecule has 0 aromatic heterocycles. The van der Waals surface area contributed by atoms with Crippen LogP contribution >= 0.6 is 0 Å². The topological polar surface area (TPSA) is 50.1 Å². The van der Waals surface area contributed by atoms with Gasteiger partial charge in [0.2, 0.25) is 0 Å². The van der Waals surface area contributed by atoms with Crippen LogP contribution in [0.3, 0.4) is 0 Å². The number of hydrogen-bond acceptors (Lipinski definition) is 3. The molecule has 0 unspecified atom stereocenters. The summed E-state index contributed by atoms with van der Waals surface area (Å²) in [6, 6.07) is 15.2. The van der Waals surface area contributed by atoms with Gasteiger partial charge >= 0.3 is 5.97 Å². The quantitative estimate of drug-likeness (QED) is 0.199. The average molecular weight is 496 g/mol. The Morgan fingerprint density at radius 2 is 1.53 bits per heavy atom. The summed E-state index contributed by atoms with van der Waals surface area (Å²) in [6.45, 7) is 2.21. The highest BCUT2D eigenvalue weighted by atomic mass is 19.1.